The van der Waals surface area contributed by atoms with Gasteiger partial charge in [0.05, 0.1) is 13.2 Å². The van der Waals surface area contributed by atoms with Crippen LogP contribution in [0, 0.1) is 5.82 Å². The van der Waals surface area contributed by atoms with Crippen molar-refractivity contribution in [2.24, 2.45) is 0 Å². The van der Waals surface area contributed by atoms with E-state index in [0.29, 0.717) is 11.6 Å². The van der Waals surface area contributed by atoms with Gasteiger partial charge in [-0.2, -0.15) is 0 Å². The van der Waals surface area contributed by atoms with Crippen LogP contribution in [0.15, 0.2) is 18.2 Å². The van der Waals surface area contributed by atoms with Crippen molar-refractivity contribution in [1.29, 1.82) is 0 Å². The first-order chi connectivity index (χ1) is 10.3. The fraction of sp³-hybridized carbons (Fsp3) is 0.467. The number of benzene rings is 1. The normalized spacial score (nSPS) is 10.6. The zero-order chi connectivity index (χ0) is 16.7. The Kier molecular flexibility index (Phi) is 7.27. The van der Waals surface area contributed by atoms with Crippen LogP contribution in [0.5, 0.6) is 0 Å². The molecule has 0 atom stereocenters. The number of carbonyl (C=O) groups is 2. The van der Waals surface area contributed by atoms with Gasteiger partial charge in [-0.3, -0.25) is 14.5 Å². The summed E-state index contributed by atoms with van der Waals surface area (Å²) in [6.07, 6.45) is 0. The molecule has 0 N–H and O–H groups in total. The van der Waals surface area contributed by atoms with E-state index >= 15 is 0 Å². The minimum Gasteiger partial charge on any atom is -0.465 e. The van der Waals surface area contributed by atoms with Crippen LogP contribution in [0.4, 0.5) is 4.39 Å². The summed E-state index contributed by atoms with van der Waals surface area (Å²) in [5, 5.41) is 0.319. The van der Waals surface area contributed by atoms with Crippen LogP contribution in [0.25, 0.3) is 0 Å². The van der Waals surface area contributed by atoms with Crippen molar-refractivity contribution >= 4 is 23.5 Å². The molecule has 1 aromatic rings. The van der Waals surface area contributed by atoms with Gasteiger partial charge in [0.25, 0.3) is 0 Å². The molecule has 0 unspecified atom stereocenters. The predicted molar refractivity (Wildman–Crippen MR) is 82.0 cm³/mol. The highest BCUT2D eigenvalue weighted by Gasteiger charge is 2.16. The van der Waals surface area contributed by atoms with Crippen molar-refractivity contribution in [2.45, 2.75) is 13.5 Å². The lowest BCUT2D eigenvalue weighted by molar-refractivity contribution is -0.148. The number of likely N-dealkylation sites (N-methyl/N-ethyl adjacent to an activating group) is 2. The maximum absolute atomic E-state index is 13.0. The first-order valence-electron chi connectivity index (χ1n) is 6.85. The topological polar surface area (TPSA) is 49.9 Å². The van der Waals surface area contributed by atoms with Crippen LogP contribution in [0.2, 0.25) is 5.02 Å². The number of halogens is 2. The number of esters is 1. The monoisotopic (exact) mass is 330 g/mol. The standard InChI is InChI=1S/C15H20ClFN2O3/c1-4-22-15(21)10-19(3)14(20)9-18(2)8-11-5-6-12(17)7-13(11)16/h5-7H,4,8-10H2,1-3H3. The quantitative estimate of drug-likeness (QED) is 0.717. The van der Waals surface area contributed by atoms with Crippen molar-refractivity contribution in [2.75, 3.05) is 33.8 Å². The summed E-state index contributed by atoms with van der Waals surface area (Å²) >= 11 is 5.95. The molecule has 5 nitrogen and oxygen atoms in total. The Morgan fingerprint density at radius 3 is 2.55 bits per heavy atom. The summed E-state index contributed by atoms with van der Waals surface area (Å²) < 4.78 is 17.8. The van der Waals surface area contributed by atoms with Gasteiger partial charge in [-0.15, -0.1) is 0 Å². The number of amides is 1. The van der Waals surface area contributed by atoms with E-state index in [1.54, 1.807) is 24.9 Å². The molecule has 22 heavy (non-hydrogen) atoms. The molecule has 7 heteroatoms. The molecule has 1 amide bonds. The van der Waals surface area contributed by atoms with E-state index in [-0.39, 0.29) is 25.6 Å². The highest BCUT2D eigenvalue weighted by molar-refractivity contribution is 6.31. The van der Waals surface area contributed by atoms with E-state index in [4.69, 9.17) is 16.3 Å². The Balaban J connectivity index is 2.51. The lowest BCUT2D eigenvalue weighted by Crippen LogP contribution is -2.39. The maximum atomic E-state index is 13.0. The van der Waals surface area contributed by atoms with Crippen LogP contribution >= 0.6 is 11.6 Å². The molecule has 0 bridgehead atoms. The van der Waals surface area contributed by atoms with Gasteiger partial charge >= 0.3 is 5.97 Å². The molecule has 0 saturated heterocycles. The molecule has 0 aliphatic heterocycles. The Hall–Kier alpha value is -1.66. The molecule has 0 spiro atoms. The second kappa shape index (κ2) is 8.70. The minimum atomic E-state index is -0.442. The van der Waals surface area contributed by atoms with Crippen LogP contribution in [-0.4, -0.2) is 55.5 Å². The fourth-order valence-corrected chi connectivity index (χ4v) is 2.06. The first kappa shape index (κ1) is 18.4. The molecule has 0 aliphatic rings. The summed E-state index contributed by atoms with van der Waals surface area (Å²) in [6.45, 7) is 2.42. The van der Waals surface area contributed by atoms with Crippen molar-refractivity contribution in [3.05, 3.63) is 34.6 Å². The van der Waals surface area contributed by atoms with Crippen LogP contribution in [0.1, 0.15) is 12.5 Å². The van der Waals surface area contributed by atoms with Crippen molar-refractivity contribution in [1.82, 2.24) is 9.80 Å². The van der Waals surface area contributed by atoms with Gasteiger partial charge in [0.15, 0.2) is 0 Å². The van der Waals surface area contributed by atoms with Gasteiger partial charge in [-0.05, 0) is 31.7 Å². The Bertz CT molecular complexity index is 540. The molecule has 0 radical (unpaired) electrons. The fourth-order valence-electron chi connectivity index (χ4n) is 1.84. The van der Waals surface area contributed by atoms with E-state index in [2.05, 4.69) is 0 Å². The molecule has 0 saturated carbocycles. The Morgan fingerprint density at radius 2 is 1.95 bits per heavy atom. The van der Waals surface area contributed by atoms with E-state index in [1.165, 1.54) is 24.1 Å². The van der Waals surface area contributed by atoms with E-state index in [9.17, 15) is 14.0 Å². The van der Waals surface area contributed by atoms with Gasteiger partial charge in [0.1, 0.15) is 12.4 Å². The van der Waals surface area contributed by atoms with Crippen molar-refractivity contribution in [3.8, 4) is 0 Å². The number of hydrogen-bond acceptors (Lipinski definition) is 4. The second-order valence-electron chi connectivity index (χ2n) is 4.96. The number of nitrogens with zero attached hydrogens (tertiary/aromatic N) is 2. The van der Waals surface area contributed by atoms with E-state index < -0.39 is 11.8 Å². The Morgan fingerprint density at radius 1 is 1.27 bits per heavy atom. The third kappa shape index (κ3) is 5.99. The summed E-state index contributed by atoms with van der Waals surface area (Å²) in [5.74, 6) is -1.06. The number of hydrogen-bond donors (Lipinski definition) is 0. The summed E-state index contributed by atoms with van der Waals surface area (Å²) in [7, 11) is 3.29. The second-order valence-corrected chi connectivity index (χ2v) is 5.37. The number of rotatable bonds is 7. The first-order valence-corrected chi connectivity index (χ1v) is 7.23. The van der Waals surface area contributed by atoms with E-state index in [1.807, 2.05) is 0 Å². The van der Waals surface area contributed by atoms with Crippen LogP contribution < -0.4 is 0 Å². The molecule has 0 aliphatic carbocycles. The average molecular weight is 331 g/mol. The highest BCUT2D eigenvalue weighted by atomic mass is 35.5. The molecule has 122 valence electrons. The van der Waals surface area contributed by atoms with E-state index in [0.717, 1.165) is 5.56 Å². The molecule has 0 aromatic heterocycles. The third-order valence-corrected chi connectivity index (χ3v) is 3.31. The lowest BCUT2D eigenvalue weighted by Gasteiger charge is -2.21. The third-order valence-electron chi connectivity index (χ3n) is 2.96. The zero-order valence-corrected chi connectivity index (χ0v) is 13.7. The SMILES string of the molecule is CCOC(=O)CN(C)C(=O)CN(C)Cc1ccc(F)cc1Cl. The molecule has 1 rings (SSSR count). The summed E-state index contributed by atoms with van der Waals surface area (Å²) in [4.78, 5) is 26.4. The van der Waals surface area contributed by atoms with Crippen molar-refractivity contribution < 1.29 is 18.7 Å². The molecule has 1 aromatic carbocycles. The smallest absolute Gasteiger partial charge is 0.325 e. The molecular weight excluding hydrogens is 311 g/mol. The summed E-state index contributed by atoms with van der Waals surface area (Å²) in [5.41, 5.74) is 0.728. The van der Waals surface area contributed by atoms with Crippen LogP contribution in [0.3, 0.4) is 0 Å². The summed E-state index contributed by atoms with van der Waals surface area (Å²) in [6, 6.07) is 4.14. The average Bonchev–Trinajstić information content (AvgIpc) is 2.42. The maximum Gasteiger partial charge on any atom is 0.325 e. The largest absolute Gasteiger partial charge is 0.465 e. The van der Waals surface area contributed by atoms with Gasteiger partial charge in [0.2, 0.25) is 5.91 Å². The molecule has 0 heterocycles. The zero-order valence-electron chi connectivity index (χ0n) is 12.9. The Labute approximate surface area is 134 Å². The highest BCUT2D eigenvalue weighted by Crippen LogP contribution is 2.18. The van der Waals surface area contributed by atoms with Crippen molar-refractivity contribution in [3.63, 3.8) is 0 Å². The predicted octanol–water partition coefficient (Wildman–Crippen LogP) is 1.93. The van der Waals surface area contributed by atoms with Crippen LogP contribution in [-0.2, 0) is 20.9 Å². The van der Waals surface area contributed by atoms with Gasteiger partial charge in [0, 0.05) is 18.6 Å². The van der Waals surface area contributed by atoms with Gasteiger partial charge < -0.3 is 9.64 Å². The molecule has 0 fully saturated rings. The minimum absolute atomic E-state index is 0.0855. The molecular formula is C15H20ClFN2O3. The number of carbonyl (C=O) groups excluding carboxylic acids is 2. The number of ether oxygens (including phenoxy) is 1. The lowest BCUT2D eigenvalue weighted by atomic mass is 10.2. The van der Waals surface area contributed by atoms with Gasteiger partial charge in [-0.1, -0.05) is 17.7 Å². The van der Waals surface area contributed by atoms with Gasteiger partial charge in [-0.25, -0.2) is 4.39 Å².